The number of hydrogen-bond acceptors (Lipinski definition) is 1. The molecule has 0 saturated carbocycles. The number of fused-ring (bicyclic) bond motifs is 2. The van der Waals surface area contributed by atoms with E-state index in [0.29, 0.717) is 11.1 Å². The van der Waals surface area contributed by atoms with E-state index in [4.69, 9.17) is 0 Å². The van der Waals surface area contributed by atoms with Gasteiger partial charge in [-0.1, -0.05) is 121 Å². The highest BCUT2D eigenvalue weighted by Gasteiger charge is 2.18. The molecule has 0 heterocycles. The van der Waals surface area contributed by atoms with E-state index in [0.717, 1.165) is 22.3 Å². The minimum absolute atomic E-state index is 0.0347. The maximum absolute atomic E-state index is 14.0. The number of hydrogen-bond donors (Lipinski definition) is 0. The Balaban J connectivity index is 1.47. The van der Waals surface area contributed by atoms with Crippen LogP contribution in [0, 0.1) is 0 Å². The standard InChI is InChI=1S/C33H22O/c34-33(31-15-7-5-13-29(31)27-19-17-23-9-1-3-11-25(23)21-27)32-16-8-6-14-30(32)28-20-18-24-10-2-4-12-26(24)22-28/h1-22H. The molecule has 0 N–H and O–H groups in total. The zero-order valence-corrected chi connectivity index (χ0v) is 18.6. The number of carbonyl (C=O) groups is 1. The normalized spacial score (nSPS) is 11.1. The molecule has 0 aliphatic heterocycles. The fourth-order valence-corrected chi connectivity index (χ4v) is 4.72. The van der Waals surface area contributed by atoms with Crippen LogP contribution >= 0.6 is 0 Å². The molecule has 0 spiro atoms. The van der Waals surface area contributed by atoms with Crippen molar-refractivity contribution in [3.8, 4) is 22.3 Å². The lowest BCUT2D eigenvalue weighted by Gasteiger charge is -2.13. The maximum atomic E-state index is 14.0. The summed E-state index contributed by atoms with van der Waals surface area (Å²) in [6.07, 6.45) is 0. The van der Waals surface area contributed by atoms with E-state index < -0.39 is 0 Å². The van der Waals surface area contributed by atoms with Crippen LogP contribution in [0.1, 0.15) is 15.9 Å². The highest BCUT2D eigenvalue weighted by molar-refractivity contribution is 6.16. The third-order valence-corrected chi connectivity index (χ3v) is 6.46. The Morgan fingerprint density at radius 1 is 0.382 bits per heavy atom. The molecular formula is C33H22O. The maximum Gasteiger partial charge on any atom is 0.194 e. The molecule has 0 aliphatic rings. The van der Waals surface area contributed by atoms with Crippen LogP contribution in [0.3, 0.4) is 0 Å². The second-order valence-electron chi connectivity index (χ2n) is 8.54. The van der Waals surface area contributed by atoms with Crippen LogP contribution in [-0.2, 0) is 0 Å². The van der Waals surface area contributed by atoms with Crippen LogP contribution < -0.4 is 0 Å². The van der Waals surface area contributed by atoms with Crippen LogP contribution in [0.4, 0.5) is 0 Å². The van der Waals surface area contributed by atoms with Gasteiger partial charge in [-0.05, 0) is 55.9 Å². The first kappa shape index (κ1) is 20.1. The number of rotatable bonds is 4. The summed E-state index contributed by atoms with van der Waals surface area (Å²) in [5.74, 6) is 0.0347. The first-order valence-corrected chi connectivity index (χ1v) is 11.5. The van der Waals surface area contributed by atoms with E-state index in [2.05, 4.69) is 60.7 Å². The van der Waals surface area contributed by atoms with E-state index in [1.165, 1.54) is 21.5 Å². The van der Waals surface area contributed by atoms with Crippen LogP contribution in [0.2, 0.25) is 0 Å². The Kier molecular flexibility index (Phi) is 5.01. The molecule has 0 fully saturated rings. The van der Waals surface area contributed by atoms with Gasteiger partial charge in [0.2, 0.25) is 0 Å². The van der Waals surface area contributed by atoms with Crippen molar-refractivity contribution < 1.29 is 4.79 Å². The molecule has 1 heteroatoms. The van der Waals surface area contributed by atoms with Crippen molar-refractivity contribution in [2.75, 3.05) is 0 Å². The third kappa shape index (κ3) is 3.58. The quantitative estimate of drug-likeness (QED) is 0.254. The average molecular weight is 435 g/mol. The molecule has 6 rings (SSSR count). The molecule has 0 bridgehead atoms. The van der Waals surface area contributed by atoms with Crippen molar-refractivity contribution in [3.63, 3.8) is 0 Å². The largest absolute Gasteiger partial charge is 0.289 e. The zero-order valence-electron chi connectivity index (χ0n) is 18.6. The first-order chi connectivity index (χ1) is 16.8. The van der Waals surface area contributed by atoms with Gasteiger partial charge in [0.15, 0.2) is 5.78 Å². The molecule has 0 amide bonds. The summed E-state index contributed by atoms with van der Waals surface area (Å²) in [4.78, 5) is 14.0. The van der Waals surface area contributed by atoms with Gasteiger partial charge in [0.05, 0.1) is 0 Å². The first-order valence-electron chi connectivity index (χ1n) is 11.5. The molecule has 6 aromatic carbocycles. The van der Waals surface area contributed by atoms with Crippen molar-refractivity contribution in [1.82, 2.24) is 0 Å². The molecule has 0 aromatic heterocycles. The van der Waals surface area contributed by atoms with Crippen molar-refractivity contribution in [2.45, 2.75) is 0 Å². The van der Waals surface area contributed by atoms with Crippen LogP contribution in [-0.4, -0.2) is 5.78 Å². The average Bonchev–Trinajstić information content (AvgIpc) is 2.92. The van der Waals surface area contributed by atoms with Gasteiger partial charge >= 0.3 is 0 Å². The Morgan fingerprint density at radius 2 is 0.765 bits per heavy atom. The summed E-state index contributed by atoms with van der Waals surface area (Å²) in [7, 11) is 0. The fourth-order valence-electron chi connectivity index (χ4n) is 4.72. The lowest BCUT2D eigenvalue weighted by Crippen LogP contribution is -2.05. The predicted octanol–water partition coefficient (Wildman–Crippen LogP) is 8.56. The summed E-state index contributed by atoms with van der Waals surface area (Å²) in [5.41, 5.74) is 5.42. The molecule has 0 radical (unpaired) electrons. The molecule has 0 saturated heterocycles. The van der Waals surface area contributed by atoms with Gasteiger partial charge in [-0.15, -0.1) is 0 Å². The monoisotopic (exact) mass is 434 g/mol. The van der Waals surface area contributed by atoms with Crippen LogP contribution in [0.5, 0.6) is 0 Å². The second-order valence-corrected chi connectivity index (χ2v) is 8.54. The minimum Gasteiger partial charge on any atom is -0.289 e. The van der Waals surface area contributed by atoms with Gasteiger partial charge < -0.3 is 0 Å². The summed E-state index contributed by atoms with van der Waals surface area (Å²) < 4.78 is 0. The van der Waals surface area contributed by atoms with Gasteiger partial charge in [-0.25, -0.2) is 0 Å². The summed E-state index contributed by atoms with van der Waals surface area (Å²) in [5, 5.41) is 4.71. The molecule has 34 heavy (non-hydrogen) atoms. The summed E-state index contributed by atoms with van der Waals surface area (Å²) in [6, 6.07) is 45.2. The Bertz CT molecular complexity index is 1550. The van der Waals surface area contributed by atoms with Gasteiger partial charge in [0.25, 0.3) is 0 Å². The van der Waals surface area contributed by atoms with E-state index in [1.807, 2.05) is 72.8 Å². The Morgan fingerprint density at radius 3 is 1.24 bits per heavy atom. The molecular weight excluding hydrogens is 412 g/mol. The van der Waals surface area contributed by atoms with Gasteiger partial charge in [-0.3, -0.25) is 4.79 Å². The van der Waals surface area contributed by atoms with Gasteiger partial charge in [0, 0.05) is 11.1 Å². The highest BCUT2D eigenvalue weighted by atomic mass is 16.1. The van der Waals surface area contributed by atoms with E-state index in [1.54, 1.807) is 0 Å². The molecule has 1 nitrogen and oxygen atoms in total. The van der Waals surface area contributed by atoms with E-state index in [9.17, 15) is 4.79 Å². The smallest absolute Gasteiger partial charge is 0.194 e. The van der Waals surface area contributed by atoms with Crippen molar-refractivity contribution in [1.29, 1.82) is 0 Å². The van der Waals surface area contributed by atoms with E-state index >= 15 is 0 Å². The SMILES string of the molecule is O=C(c1ccccc1-c1ccc2ccccc2c1)c1ccccc1-c1ccc2ccccc2c1. The third-order valence-electron chi connectivity index (χ3n) is 6.46. The Hall–Kier alpha value is -4.49. The summed E-state index contributed by atoms with van der Waals surface area (Å²) >= 11 is 0. The molecule has 0 atom stereocenters. The van der Waals surface area contributed by atoms with Crippen LogP contribution in [0.15, 0.2) is 133 Å². The van der Waals surface area contributed by atoms with Crippen molar-refractivity contribution in [2.24, 2.45) is 0 Å². The molecule has 0 unspecified atom stereocenters. The highest BCUT2D eigenvalue weighted by Crippen LogP contribution is 2.32. The second kappa shape index (κ2) is 8.46. The number of ketones is 1. The fraction of sp³-hybridized carbons (Fsp3) is 0. The number of benzene rings is 6. The minimum atomic E-state index is 0.0347. The topological polar surface area (TPSA) is 17.1 Å². The summed E-state index contributed by atoms with van der Waals surface area (Å²) in [6.45, 7) is 0. The molecule has 0 aliphatic carbocycles. The lowest BCUT2D eigenvalue weighted by molar-refractivity contribution is 0.104. The van der Waals surface area contributed by atoms with Crippen LogP contribution in [0.25, 0.3) is 43.8 Å². The molecule has 160 valence electrons. The van der Waals surface area contributed by atoms with Gasteiger partial charge in [-0.2, -0.15) is 0 Å². The predicted molar refractivity (Wildman–Crippen MR) is 142 cm³/mol. The van der Waals surface area contributed by atoms with Crippen molar-refractivity contribution in [3.05, 3.63) is 145 Å². The molecule has 6 aromatic rings. The van der Waals surface area contributed by atoms with E-state index in [-0.39, 0.29) is 5.78 Å². The number of carbonyl (C=O) groups excluding carboxylic acids is 1. The van der Waals surface area contributed by atoms with Crippen molar-refractivity contribution >= 4 is 27.3 Å². The Labute approximate surface area is 198 Å². The zero-order chi connectivity index (χ0) is 22.9. The lowest BCUT2D eigenvalue weighted by atomic mass is 9.89. The van der Waals surface area contributed by atoms with Gasteiger partial charge in [0.1, 0.15) is 0 Å².